The highest BCUT2D eigenvalue weighted by atomic mass is 79.9. The summed E-state index contributed by atoms with van der Waals surface area (Å²) in [5, 5.41) is 0. The minimum absolute atomic E-state index is 0.523. The molecule has 1 aliphatic heterocycles. The Bertz CT molecular complexity index is 697. The zero-order valence-corrected chi connectivity index (χ0v) is 13.0. The van der Waals surface area contributed by atoms with Crippen LogP contribution in [-0.4, -0.2) is 34.3 Å². The quantitative estimate of drug-likeness (QED) is 0.802. The van der Waals surface area contributed by atoms with Crippen LogP contribution in [0.3, 0.4) is 0 Å². The highest BCUT2D eigenvalue weighted by molar-refractivity contribution is 9.10. The van der Waals surface area contributed by atoms with Crippen molar-refractivity contribution in [2.75, 3.05) is 13.7 Å². The van der Waals surface area contributed by atoms with E-state index in [2.05, 4.69) is 30.9 Å². The van der Waals surface area contributed by atoms with Crippen molar-refractivity contribution in [1.82, 2.24) is 14.9 Å². The van der Waals surface area contributed by atoms with Gasteiger partial charge in [-0.15, -0.1) is 0 Å². The van der Waals surface area contributed by atoms with Crippen LogP contribution in [0.1, 0.15) is 5.56 Å². The number of aromatic nitrogens is 2. The van der Waals surface area contributed by atoms with E-state index in [1.54, 1.807) is 12.4 Å². The van der Waals surface area contributed by atoms with Crippen molar-refractivity contribution >= 4 is 21.6 Å². The first-order valence-electron chi connectivity index (χ1n) is 6.40. The van der Waals surface area contributed by atoms with E-state index in [9.17, 15) is 0 Å². The molecule has 21 heavy (non-hydrogen) atoms. The van der Waals surface area contributed by atoms with Gasteiger partial charge >= 0.3 is 0 Å². The molecule has 3 heterocycles. The zero-order valence-electron chi connectivity index (χ0n) is 11.4. The molecule has 0 unspecified atom stereocenters. The molecule has 0 radical (unpaired) electrons. The summed E-state index contributed by atoms with van der Waals surface area (Å²) in [7, 11) is 1.98. The SMILES string of the molecule is CN1C=CC(c2cccnc2Oc2ccc(Br)nc2)=NC1. The highest BCUT2D eigenvalue weighted by Crippen LogP contribution is 2.24. The molecule has 0 saturated heterocycles. The van der Waals surface area contributed by atoms with Gasteiger partial charge in [0.25, 0.3) is 0 Å². The minimum Gasteiger partial charge on any atom is -0.437 e. The van der Waals surface area contributed by atoms with E-state index >= 15 is 0 Å². The number of rotatable bonds is 3. The van der Waals surface area contributed by atoms with Crippen molar-refractivity contribution in [3.8, 4) is 11.6 Å². The average molecular weight is 345 g/mol. The Morgan fingerprint density at radius 3 is 2.86 bits per heavy atom. The lowest BCUT2D eigenvalue weighted by atomic mass is 10.1. The molecule has 2 aromatic rings. The second-order valence-electron chi connectivity index (χ2n) is 4.53. The lowest BCUT2D eigenvalue weighted by molar-refractivity contribution is 0.457. The second-order valence-corrected chi connectivity index (χ2v) is 5.34. The van der Waals surface area contributed by atoms with E-state index in [-0.39, 0.29) is 0 Å². The summed E-state index contributed by atoms with van der Waals surface area (Å²) in [4.78, 5) is 14.9. The fourth-order valence-electron chi connectivity index (χ4n) is 1.86. The number of hydrogen-bond donors (Lipinski definition) is 0. The predicted molar refractivity (Wildman–Crippen MR) is 84.6 cm³/mol. The molecule has 0 aromatic carbocycles. The maximum Gasteiger partial charge on any atom is 0.228 e. The maximum absolute atomic E-state index is 5.82. The van der Waals surface area contributed by atoms with E-state index < -0.39 is 0 Å². The molecule has 0 amide bonds. The summed E-state index contributed by atoms with van der Waals surface area (Å²) < 4.78 is 6.58. The van der Waals surface area contributed by atoms with Gasteiger partial charge in [0.1, 0.15) is 17.0 Å². The Morgan fingerprint density at radius 1 is 1.24 bits per heavy atom. The Balaban J connectivity index is 1.89. The van der Waals surface area contributed by atoms with Crippen LogP contribution < -0.4 is 4.74 Å². The van der Waals surface area contributed by atoms with Crippen LogP contribution in [0.2, 0.25) is 0 Å². The van der Waals surface area contributed by atoms with Crippen LogP contribution in [-0.2, 0) is 0 Å². The van der Waals surface area contributed by atoms with Gasteiger partial charge < -0.3 is 9.64 Å². The Hall–Kier alpha value is -2.21. The smallest absolute Gasteiger partial charge is 0.228 e. The van der Waals surface area contributed by atoms with E-state index in [0.717, 1.165) is 15.9 Å². The van der Waals surface area contributed by atoms with Gasteiger partial charge in [-0.2, -0.15) is 0 Å². The van der Waals surface area contributed by atoms with Crippen molar-refractivity contribution in [3.05, 3.63) is 59.1 Å². The van der Waals surface area contributed by atoms with Crippen LogP contribution in [0.4, 0.5) is 0 Å². The molecule has 5 nitrogen and oxygen atoms in total. The summed E-state index contributed by atoms with van der Waals surface area (Å²) in [5.74, 6) is 1.16. The van der Waals surface area contributed by atoms with E-state index in [0.29, 0.717) is 18.3 Å². The van der Waals surface area contributed by atoms with Gasteiger partial charge in [-0.05, 0) is 46.3 Å². The number of allylic oxidation sites excluding steroid dienone is 1. The van der Waals surface area contributed by atoms with Gasteiger partial charge in [0.05, 0.1) is 17.5 Å². The fourth-order valence-corrected chi connectivity index (χ4v) is 2.10. The van der Waals surface area contributed by atoms with Crippen molar-refractivity contribution < 1.29 is 4.74 Å². The molecule has 0 saturated carbocycles. The third-order valence-electron chi connectivity index (χ3n) is 2.91. The van der Waals surface area contributed by atoms with Gasteiger partial charge in [-0.25, -0.2) is 9.97 Å². The lowest BCUT2D eigenvalue weighted by Crippen LogP contribution is -2.17. The van der Waals surface area contributed by atoms with E-state index in [1.807, 2.05) is 48.5 Å². The van der Waals surface area contributed by atoms with E-state index in [1.165, 1.54) is 0 Å². The van der Waals surface area contributed by atoms with Crippen molar-refractivity contribution in [2.45, 2.75) is 0 Å². The molecule has 2 aromatic heterocycles. The summed E-state index contributed by atoms with van der Waals surface area (Å²) in [6.45, 7) is 0.625. The number of aliphatic imine (C=N–C) groups is 1. The average Bonchev–Trinajstić information content (AvgIpc) is 2.51. The Labute approximate surface area is 131 Å². The van der Waals surface area contributed by atoms with Gasteiger partial charge in [0.2, 0.25) is 5.88 Å². The molecule has 0 atom stereocenters. The number of halogens is 1. The molecular formula is C15H13BrN4O. The van der Waals surface area contributed by atoms with Crippen molar-refractivity contribution in [1.29, 1.82) is 0 Å². The molecular weight excluding hydrogens is 332 g/mol. The summed E-state index contributed by atoms with van der Waals surface area (Å²) in [5.41, 5.74) is 1.73. The van der Waals surface area contributed by atoms with Crippen LogP contribution in [0.5, 0.6) is 11.6 Å². The number of pyridine rings is 2. The highest BCUT2D eigenvalue weighted by Gasteiger charge is 2.12. The summed E-state index contributed by atoms with van der Waals surface area (Å²) in [6.07, 6.45) is 7.28. The molecule has 0 spiro atoms. The third kappa shape index (κ3) is 3.28. The van der Waals surface area contributed by atoms with Gasteiger partial charge in [0, 0.05) is 19.4 Å². The molecule has 0 aliphatic carbocycles. The molecule has 6 heteroatoms. The largest absolute Gasteiger partial charge is 0.437 e. The van der Waals surface area contributed by atoms with Crippen LogP contribution in [0.15, 0.2) is 58.5 Å². The summed E-state index contributed by atoms with van der Waals surface area (Å²) in [6, 6.07) is 7.48. The monoisotopic (exact) mass is 344 g/mol. The molecule has 3 rings (SSSR count). The number of nitrogens with zero attached hydrogens (tertiary/aromatic N) is 4. The minimum atomic E-state index is 0.523. The Kier molecular flexibility index (Phi) is 3.96. The van der Waals surface area contributed by atoms with Crippen LogP contribution in [0.25, 0.3) is 0 Å². The van der Waals surface area contributed by atoms with E-state index in [4.69, 9.17) is 4.74 Å². The summed E-state index contributed by atoms with van der Waals surface area (Å²) >= 11 is 3.30. The van der Waals surface area contributed by atoms with Gasteiger partial charge in [0.15, 0.2) is 0 Å². The van der Waals surface area contributed by atoms with Crippen molar-refractivity contribution in [3.63, 3.8) is 0 Å². The standard InChI is InChI=1S/C15H13BrN4O/c1-20-8-6-13(19-10-20)12-3-2-7-17-15(12)21-11-4-5-14(16)18-9-11/h2-9H,10H2,1H3. The lowest BCUT2D eigenvalue weighted by Gasteiger charge is -2.17. The first-order chi connectivity index (χ1) is 10.2. The first-order valence-corrected chi connectivity index (χ1v) is 7.19. The Morgan fingerprint density at radius 2 is 2.14 bits per heavy atom. The van der Waals surface area contributed by atoms with Crippen LogP contribution >= 0.6 is 15.9 Å². The number of ether oxygens (including phenoxy) is 1. The molecule has 0 fully saturated rings. The fraction of sp³-hybridized carbons (Fsp3) is 0.133. The van der Waals surface area contributed by atoms with Gasteiger partial charge in [-0.3, -0.25) is 4.99 Å². The van der Waals surface area contributed by atoms with Crippen LogP contribution in [0, 0.1) is 0 Å². The third-order valence-corrected chi connectivity index (χ3v) is 3.38. The van der Waals surface area contributed by atoms with Gasteiger partial charge in [-0.1, -0.05) is 0 Å². The molecule has 0 N–H and O–H groups in total. The van der Waals surface area contributed by atoms with Crippen molar-refractivity contribution in [2.24, 2.45) is 4.99 Å². The topological polar surface area (TPSA) is 50.6 Å². The molecule has 0 bridgehead atoms. The molecule has 106 valence electrons. The predicted octanol–water partition coefficient (Wildman–Crippen LogP) is 3.24. The number of hydrogen-bond acceptors (Lipinski definition) is 5. The normalized spacial score (nSPS) is 14.0. The second kappa shape index (κ2) is 6.05. The zero-order chi connectivity index (χ0) is 14.7. The molecule has 1 aliphatic rings. The first kappa shape index (κ1) is 13.8. The maximum atomic E-state index is 5.82.